The number of hydrogen-bond donors (Lipinski definition) is 1. The van der Waals surface area contributed by atoms with Gasteiger partial charge in [0.2, 0.25) is 0 Å². The number of imide groups is 1. The number of anilines is 3. The van der Waals surface area contributed by atoms with Crippen molar-refractivity contribution >= 4 is 46.1 Å². The fourth-order valence-corrected chi connectivity index (χ4v) is 3.75. The van der Waals surface area contributed by atoms with Crippen LogP contribution in [0.3, 0.4) is 0 Å². The predicted octanol–water partition coefficient (Wildman–Crippen LogP) is 5.42. The predicted molar refractivity (Wildman–Crippen MR) is 131 cm³/mol. The van der Waals surface area contributed by atoms with E-state index in [1.165, 1.54) is 4.90 Å². The van der Waals surface area contributed by atoms with Crippen molar-refractivity contribution in [2.75, 3.05) is 29.2 Å². The summed E-state index contributed by atoms with van der Waals surface area (Å²) in [7, 11) is 3.87. The highest BCUT2D eigenvalue weighted by Crippen LogP contribution is 2.35. The van der Waals surface area contributed by atoms with Crippen LogP contribution in [0.1, 0.15) is 16.7 Å². The lowest BCUT2D eigenvalue weighted by Crippen LogP contribution is -2.32. The highest BCUT2D eigenvalue weighted by molar-refractivity contribution is 6.46. The zero-order valence-electron chi connectivity index (χ0n) is 18.4. The minimum atomic E-state index is -0.393. The average Bonchev–Trinajstić information content (AvgIpc) is 3.01. The lowest BCUT2D eigenvalue weighted by atomic mass is 10.0. The Balaban J connectivity index is 1.79. The quantitative estimate of drug-likeness (QED) is 0.533. The third-order valence-electron chi connectivity index (χ3n) is 5.62. The first kappa shape index (κ1) is 21.7. The molecule has 1 aliphatic rings. The Bertz CT molecular complexity index is 1230. The molecule has 0 saturated carbocycles. The minimum Gasteiger partial charge on any atom is -0.378 e. The van der Waals surface area contributed by atoms with Crippen molar-refractivity contribution in [1.29, 1.82) is 0 Å². The molecule has 2 amide bonds. The van der Waals surface area contributed by atoms with Crippen LogP contribution in [0.5, 0.6) is 0 Å². The van der Waals surface area contributed by atoms with Crippen LogP contribution in [-0.4, -0.2) is 25.9 Å². The fraction of sp³-hybridized carbons (Fsp3) is 0.154. The van der Waals surface area contributed by atoms with Crippen LogP contribution in [0, 0.1) is 13.8 Å². The lowest BCUT2D eigenvalue weighted by Gasteiger charge is -2.18. The van der Waals surface area contributed by atoms with E-state index in [1.54, 1.807) is 36.4 Å². The van der Waals surface area contributed by atoms with E-state index >= 15 is 0 Å². The third-order valence-corrected chi connectivity index (χ3v) is 5.87. The van der Waals surface area contributed by atoms with Gasteiger partial charge in [-0.25, -0.2) is 4.90 Å². The normalized spacial score (nSPS) is 13.7. The van der Waals surface area contributed by atoms with Crippen LogP contribution in [0.4, 0.5) is 17.1 Å². The van der Waals surface area contributed by atoms with E-state index in [2.05, 4.69) is 5.32 Å². The average molecular weight is 446 g/mol. The molecule has 32 heavy (non-hydrogen) atoms. The molecule has 6 heteroatoms. The van der Waals surface area contributed by atoms with Crippen LogP contribution in [-0.2, 0) is 9.59 Å². The Hall–Kier alpha value is -3.57. The van der Waals surface area contributed by atoms with Crippen molar-refractivity contribution in [1.82, 2.24) is 0 Å². The molecule has 3 aromatic carbocycles. The first-order chi connectivity index (χ1) is 15.3. The second-order valence-electron chi connectivity index (χ2n) is 8.04. The Morgan fingerprint density at radius 1 is 0.812 bits per heavy atom. The first-order valence-electron chi connectivity index (χ1n) is 10.3. The second kappa shape index (κ2) is 8.52. The largest absolute Gasteiger partial charge is 0.378 e. The van der Waals surface area contributed by atoms with Crippen LogP contribution < -0.4 is 15.1 Å². The Morgan fingerprint density at radius 3 is 2.06 bits per heavy atom. The summed E-state index contributed by atoms with van der Waals surface area (Å²) in [6, 6.07) is 20.1. The Morgan fingerprint density at radius 2 is 1.47 bits per heavy atom. The number of amides is 2. The van der Waals surface area contributed by atoms with E-state index in [9.17, 15) is 9.59 Å². The van der Waals surface area contributed by atoms with Crippen molar-refractivity contribution in [3.63, 3.8) is 0 Å². The first-order valence-corrected chi connectivity index (χ1v) is 10.6. The molecule has 1 aliphatic heterocycles. The molecule has 0 aliphatic carbocycles. The molecule has 5 nitrogen and oxygen atoms in total. The lowest BCUT2D eigenvalue weighted by molar-refractivity contribution is -0.120. The van der Waals surface area contributed by atoms with Gasteiger partial charge in [-0.3, -0.25) is 9.59 Å². The number of rotatable bonds is 5. The second-order valence-corrected chi connectivity index (χ2v) is 8.47. The molecule has 1 heterocycles. The van der Waals surface area contributed by atoms with Gasteiger partial charge in [0.1, 0.15) is 5.70 Å². The van der Waals surface area contributed by atoms with Crippen molar-refractivity contribution < 1.29 is 9.59 Å². The Kier molecular flexibility index (Phi) is 5.76. The number of nitrogens with zero attached hydrogens (tertiary/aromatic N) is 2. The van der Waals surface area contributed by atoms with Crippen LogP contribution in [0.25, 0.3) is 5.57 Å². The summed E-state index contributed by atoms with van der Waals surface area (Å²) in [5, 5.41) is 3.77. The molecule has 0 unspecified atom stereocenters. The highest BCUT2D eigenvalue weighted by Gasteiger charge is 2.40. The van der Waals surface area contributed by atoms with Crippen molar-refractivity contribution in [2.24, 2.45) is 0 Å². The maximum absolute atomic E-state index is 13.5. The van der Waals surface area contributed by atoms with Gasteiger partial charge in [-0.1, -0.05) is 29.8 Å². The summed E-state index contributed by atoms with van der Waals surface area (Å²) >= 11 is 6.05. The minimum absolute atomic E-state index is 0.247. The van der Waals surface area contributed by atoms with E-state index in [1.807, 2.05) is 63.2 Å². The number of hydrogen-bond acceptors (Lipinski definition) is 4. The van der Waals surface area contributed by atoms with Crippen LogP contribution in [0.15, 0.2) is 72.4 Å². The van der Waals surface area contributed by atoms with E-state index in [4.69, 9.17) is 11.6 Å². The van der Waals surface area contributed by atoms with Gasteiger partial charge in [0.25, 0.3) is 11.8 Å². The van der Waals surface area contributed by atoms with Gasteiger partial charge in [0.15, 0.2) is 0 Å². The highest BCUT2D eigenvalue weighted by atomic mass is 35.5. The number of halogens is 1. The standard InChI is InChI=1S/C26H24ClN3O2/c1-16-5-10-20(15-17(16)2)28-24-23(18-6-8-19(27)9-7-18)25(31)30(26(24)32)22-13-11-21(12-14-22)29(3)4/h5-15,28H,1-4H3. The van der Waals surface area contributed by atoms with Gasteiger partial charge < -0.3 is 10.2 Å². The molecule has 0 radical (unpaired) electrons. The molecule has 0 spiro atoms. The molecule has 0 atom stereocenters. The number of carbonyl (C=O) groups is 2. The van der Waals surface area contributed by atoms with Gasteiger partial charge >= 0.3 is 0 Å². The van der Waals surface area contributed by atoms with Gasteiger partial charge in [-0.05, 0) is 79.1 Å². The summed E-state index contributed by atoms with van der Waals surface area (Å²) in [5.41, 5.74) is 5.70. The van der Waals surface area contributed by atoms with Crippen LogP contribution >= 0.6 is 11.6 Å². The molecular weight excluding hydrogens is 422 g/mol. The topological polar surface area (TPSA) is 52.7 Å². The molecule has 162 valence electrons. The van der Waals surface area contributed by atoms with Gasteiger partial charge in [0, 0.05) is 30.5 Å². The number of aryl methyl sites for hydroxylation is 2. The van der Waals surface area contributed by atoms with Gasteiger partial charge in [-0.15, -0.1) is 0 Å². The molecule has 0 fully saturated rings. The number of benzene rings is 3. The number of carbonyl (C=O) groups excluding carboxylic acids is 2. The molecule has 4 rings (SSSR count). The van der Waals surface area contributed by atoms with Crippen molar-refractivity contribution in [3.8, 4) is 0 Å². The Labute approximate surface area is 192 Å². The molecule has 0 aromatic heterocycles. The maximum Gasteiger partial charge on any atom is 0.282 e. The molecule has 0 bridgehead atoms. The summed E-state index contributed by atoms with van der Waals surface area (Å²) in [6.07, 6.45) is 0. The molecule has 3 aromatic rings. The van der Waals surface area contributed by atoms with Crippen molar-refractivity contribution in [3.05, 3.63) is 94.1 Å². The van der Waals surface area contributed by atoms with Crippen molar-refractivity contribution in [2.45, 2.75) is 13.8 Å². The number of nitrogens with one attached hydrogen (secondary N) is 1. The van der Waals surface area contributed by atoms with Gasteiger partial charge in [0.05, 0.1) is 11.3 Å². The maximum atomic E-state index is 13.5. The van der Waals surface area contributed by atoms with E-state index in [0.29, 0.717) is 21.8 Å². The molecule has 0 saturated heterocycles. The fourth-order valence-electron chi connectivity index (χ4n) is 3.63. The molecule has 1 N–H and O–H groups in total. The zero-order chi connectivity index (χ0) is 23.0. The smallest absolute Gasteiger partial charge is 0.282 e. The third kappa shape index (κ3) is 3.99. The SMILES string of the molecule is Cc1ccc(NC2=C(c3ccc(Cl)cc3)C(=O)N(c3ccc(N(C)C)cc3)C2=O)cc1C. The summed E-state index contributed by atoms with van der Waals surface area (Å²) in [5.74, 6) is -0.767. The summed E-state index contributed by atoms with van der Waals surface area (Å²) in [4.78, 5) is 30.2. The van der Waals surface area contributed by atoms with E-state index < -0.39 is 5.91 Å². The van der Waals surface area contributed by atoms with Crippen LogP contribution in [0.2, 0.25) is 5.02 Å². The summed E-state index contributed by atoms with van der Waals surface area (Å²) < 4.78 is 0. The summed E-state index contributed by atoms with van der Waals surface area (Å²) in [6.45, 7) is 4.04. The zero-order valence-corrected chi connectivity index (χ0v) is 19.2. The van der Waals surface area contributed by atoms with E-state index in [0.717, 1.165) is 22.5 Å². The molecular formula is C26H24ClN3O2. The van der Waals surface area contributed by atoms with E-state index in [-0.39, 0.29) is 11.6 Å². The monoisotopic (exact) mass is 445 g/mol. The van der Waals surface area contributed by atoms with Gasteiger partial charge in [-0.2, -0.15) is 0 Å².